The highest BCUT2D eigenvalue weighted by atomic mass is 35.6. The summed E-state index contributed by atoms with van der Waals surface area (Å²) >= 11 is 23.5. The van der Waals surface area contributed by atoms with Crippen molar-refractivity contribution < 1.29 is 14.3 Å². The van der Waals surface area contributed by atoms with Crippen LogP contribution in [-0.2, 0) is 14.3 Å². The number of esters is 1. The van der Waals surface area contributed by atoms with Gasteiger partial charge in [-0.25, -0.2) is 0 Å². The van der Waals surface area contributed by atoms with Crippen LogP contribution in [0.4, 0.5) is 0 Å². The van der Waals surface area contributed by atoms with Crippen LogP contribution >= 0.6 is 46.4 Å². The van der Waals surface area contributed by atoms with E-state index in [1.807, 2.05) is 0 Å². The molecule has 0 radical (unpaired) electrons. The quantitative estimate of drug-likeness (QED) is 0.378. The van der Waals surface area contributed by atoms with Gasteiger partial charge < -0.3 is 4.74 Å². The third-order valence-electron chi connectivity index (χ3n) is 3.15. The molecule has 0 rings (SSSR count). The van der Waals surface area contributed by atoms with Crippen molar-refractivity contribution in [1.82, 2.24) is 0 Å². The second kappa shape index (κ2) is 8.07. The number of ether oxygens (including phenoxy) is 1. The summed E-state index contributed by atoms with van der Waals surface area (Å²) in [5.41, 5.74) is -0.884. The van der Waals surface area contributed by atoms with Crippen LogP contribution in [0.2, 0.25) is 0 Å². The maximum Gasteiger partial charge on any atom is 0.317 e. The number of ketones is 1. The molecule has 0 fully saturated rings. The Morgan fingerprint density at radius 2 is 1.65 bits per heavy atom. The van der Waals surface area contributed by atoms with E-state index in [0.29, 0.717) is 0 Å². The number of rotatable bonds is 7. The highest BCUT2D eigenvalue weighted by Crippen LogP contribution is 2.43. The summed E-state index contributed by atoms with van der Waals surface area (Å²) in [5, 5.41) is -0.667. The second-order valence-electron chi connectivity index (χ2n) is 5.11. The Morgan fingerprint density at radius 1 is 1.15 bits per heavy atom. The summed E-state index contributed by atoms with van der Waals surface area (Å²) in [6, 6.07) is 0. The molecule has 2 unspecified atom stereocenters. The van der Waals surface area contributed by atoms with Gasteiger partial charge in [-0.05, 0) is 6.92 Å². The fourth-order valence-corrected chi connectivity index (χ4v) is 2.98. The van der Waals surface area contributed by atoms with Gasteiger partial charge in [0.1, 0.15) is 11.7 Å². The molecule has 0 saturated heterocycles. The predicted octanol–water partition coefficient (Wildman–Crippen LogP) is 4.54. The van der Waals surface area contributed by atoms with Crippen LogP contribution < -0.4 is 0 Å². The van der Waals surface area contributed by atoms with Crippen molar-refractivity contribution in [3.63, 3.8) is 0 Å². The van der Waals surface area contributed by atoms with Gasteiger partial charge >= 0.3 is 5.97 Å². The van der Waals surface area contributed by atoms with Crippen LogP contribution in [0.25, 0.3) is 0 Å². The van der Waals surface area contributed by atoms with Gasteiger partial charge in [-0.2, -0.15) is 0 Å². The standard InChI is InChI=1S/C13H20Cl4O3/c1-5-8(18)10(11(19)20-6-2)12(3,4)9(14)7-13(15,16)17/h9-10H,5-7H2,1-4H3. The predicted molar refractivity (Wildman–Crippen MR) is 83.8 cm³/mol. The van der Waals surface area contributed by atoms with E-state index in [1.54, 1.807) is 27.7 Å². The molecule has 0 spiro atoms. The van der Waals surface area contributed by atoms with Crippen molar-refractivity contribution in [2.24, 2.45) is 11.3 Å². The largest absolute Gasteiger partial charge is 0.465 e. The number of hydrogen-bond donors (Lipinski definition) is 0. The molecular formula is C13H20Cl4O3. The van der Waals surface area contributed by atoms with Gasteiger partial charge in [-0.15, -0.1) is 11.6 Å². The van der Waals surface area contributed by atoms with E-state index in [1.165, 1.54) is 0 Å². The summed E-state index contributed by atoms with van der Waals surface area (Å²) in [4.78, 5) is 24.1. The van der Waals surface area contributed by atoms with E-state index < -0.39 is 26.5 Å². The molecule has 0 bridgehead atoms. The summed E-state index contributed by atoms with van der Waals surface area (Å²) in [6.45, 7) is 6.97. The normalized spacial score (nSPS) is 15.6. The molecule has 118 valence electrons. The molecular weight excluding hydrogens is 346 g/mol. The van der Waals surface area contributed by atoms with Crippen LogP contribution in [0.15, 0.2) is 0 Å². The van der Waals surface area contributed by atoms with E-state index in [9.17, 15) is 9.59 Å². The van der Waals surface area contributed by atoms with Crippen molar-refractivity contribution in [3.05, 3.63) is 0 Å². The summed E-state index contributed by atoms with van der Waals surface area (Å²) in [7, 11) is 0. The molecule has 7 heteroatoms. The first-order valence-electron chi connectivity index (χ1n) is 6.37. The monoisotopic (exact) mass is 364 g/mol. The summed E-state index contributed by atoms with van der Waals surface area (Å²) < 4.78 is 3.43. The van der Waals surface area contributed by atoms with Gasteiger partial charge in [-0.3, -0.25) is 9.59 Å². The van der Waals surface area contributed by atoms with Crippen LogP contribution in [0, 0.1) is 11.3 Å². The minimum Gasteiger partial charge on any atom is -0.465 e. The third-order valence-corrected chi connectivity index (χ3v) is 4.33. The van der Waals surface area contributed by atoms with E-state index in [4.69, 9.17) is 51.1 Å². The smallest absolute Gasteiger partial charge is 0.317 e. The topological polar surface area (TPSA) is 43.4 Å². The Bertz CT molecular complexity index is 350. The van der Waals surface area contributed by atoms with Crippen molar-refractivity contribution in [3.8, 4) is 0 Å². The molecule has 0 aliphatic rings. The van der Waals surface area contributed by atoms with E-state index in [0.717, 1.165) is 0 Å². The van der Waals surface area contributed by atoms with Crippen LogP contribution in [0.1, 0.15) is 40.5 Å². The highest BCUT2D eigenvalue weighted by molar-refractivity contribution is 6.67. The number of hydrogen-bond acceptors (Lipinski definition) is 3. The Labute approximate surface area is 140 Å². The molecule has 0 saturated carbocycles. The molecule has 2 atom stereocenters. The lowest BCUT2D eigenvalue weighted by Crippen LogP contribution is -2.44. The highest BCUT2D eigenvalue weighted by Gasteiger charge is 2.47. The average Bonchev–Trinajstić information content (AvgIpc) is 2.26. The van der Waals surface area contributed by atoms with Gasteiger partial charge in [0.25, 0.3) is 0 Å². The molecule has 0 N–H and O–H groups in total. The number of carbonyl (C=O) groups excluding carboxylic acids is 2. The lowest BCUT2D eigenvalue weighted by Gasteiger charge is -2.36. The molecule has 0 amide bonds. The Morgan fingerprint density at radius 3 is 2.00 bits per heavy atom. The molecule has 0 aliphatic heterocycles. The Kier molecular flexibility index (Phi) is 8.19. The van der Waals surface area contributed by atoms with E-state index >= 15 is 0 Å². The number of carbonyl (C=O) groups is 2. The number of halogens is 4. The molecule has 20 heavy (non-hydrogen) atoms. The summed E-state index contributed by atoms with van der Waals surface area (Å²) in [6.07, 6.45) is 0.239. The Hall–Kier alpha value is 0.300. The first kappa shape index (κ1) is 20.3. The molecule has 3 nitrogen and oxygen atoms in total. The van der Waals surface area contributed by atoms with Gasteiger partial charge in [-0.1, -0.05) is 55.6 Å². The van der Waals surface area contributed by atoms with Crippen molar-refractivity contribution in [1.29, 1.82) is 0 Å². The summed E-state index contributed by atoms with van der Waals surface area (Å²) in [5.74, 6) is -1.79. The Balaban J connectivity index is 5.31. The van der Waals surface area contributed by atoms with Gasteiger partial charge in [0.2, 0.25) is 0 Å². The first-order chi connectivity index (χ1) is 8.97. The maximum atomic E-state index is 12.1. The van der Waals surface area contributed by atoms with Gasteiger partial charge in [0.05, 0.1) is 6.61 Å². The zero-order chi connectivity index (χ0) is 16.1. The zero-order valence-corrected chi connectivity index (χ0v) is 15.0. The van der Waals surface area contributed by atoms with Crippen LogP contribution in [0.3, 0.4) is 0 Å². The zero-order valence-electron chi connectivity index (χ0n) is 12.0. The fraction of sp³-hybridized carbons (Fsp3) is 0.846. The minimum atomic E-state index is -1.54. The van der Waals surface area contributed by atoms with E-state index in [2.05, 4.69) is 0 Å². The SMILES string of the molecule is CCOC(=O)C(C(=O)CC)C(C)(C)C(Cl)CC(Cl)(Cl)Cl. The molecule has 0 aliphatic carbocycles. The van der Waals surface area contributed by atoms with Gasteiger partial charge in [0, 0.05) is 23.6 Å². The van der Waals surface area contributed by atoms with Crippen LogP contribution in [0.5, 0.6) is 0 Å². The van der Waals surface area contributed by atoms with Crippen LogP contribution in [-0.4, -0.2) is 27.5 Å². The maximum absolute atomic E-state index is 12.1. The van der Waals surface area contributed by atoms with Crippen molar-refractivity contribution >= 4 is 58.2 Å². The second-order valence-corrected chi connectivity index (χ2v) is 8.16. The van der Waals surface area contributed by atoms with Crippen molar-refractivity contribution in [2.45, 2.75) is 49.7 Å². The third kappa shape index (κ3) is 5.97. The lowest BCUT2D eigenvalue weighted by atomic mass is 9.72. The van der Waals surface area contributed by atoms with Crippen molar-refractivity contribution in [2.75, 3.05) is 6.61 Å². The lowest BCUT2D eigenvalue weighted by molar-refractivity contribution is -0.156. The molecule has 0 aromatic heterocycles. The number of Topliss-reactive ketones (excluding diaryl/α,β-unsaturated/α-hetero) is 1. The number of alkyl halides is 4. The molecule has 0 aromatic rings. The fourth-order valence-electron chi connectivity index (χ4n) is 1.93. The molecule has 0 heterocycles. The first-order valence-corrected chi connectivity index (χ1v) is 7.94. The molecule has 0 aromatic carbocycles. The van der Waals surface area contributed by atoms with Gasteiger partial charge in [0.15, 0.2) is 3.79 Å². The average molecular weight is 366 g/mol. The van der Waals surface area contributed by atoms with E-state index in [-0.39, 0.29) is 25.2 Å². The minimum absolute atomic E-state index is 0.0269.